The zero-order chi connectivity index (χ0) is 21.4. The molecule has 30 heavy (non-hydrogen) atoms. The largest absolute Gasteiger partial charge is 0.459 e. The number of hydrogen-bond donors (Lipinski definition) is 0. The number of ether oxygens (including phenoxy) is 1. The number of rotatable bonds is 4. The molecule has 2 aliphatic heterocycles. The first-order valence-corrected chi connectivity index (χ1v) is 10.2. The van der Waals surface area contributed by atoms with Crippen LogP contribution in [0.2, 0.25) is 0 Å². The van der Waals surface area contributed by atoms with E-state index < -0.39 is 17.8 Å². The molecule has 0 bridgehead atoms. The van der Waals surface area contributed by atoms with Crippen molar-refractivity contribution in [3.63, 3.8) is 0 Å². The molecule has 2 aromatic rings. The van der Waals surface area contributed by atoms with Gasteiger partial charge >= 0.3 is 5.97 Å². The van der Waals surface area contributed by atoms with Gasteiger partial charge in [0.2, 0.25) is 0 Å². The summed E-state index contributed by atoms with van der Waals surface area (Å²) >= 11 is 6.33. The number of imide groups is 1. The van der Waals surface area contributed by atoms with Gasteiger partial charge in [-0.05, 0) is 49.6 Å². The summed E-state index contributed by atoms with van der Waals surface area (Å²) in [4.78, 5) is 41.1. The number of anilines is 1. The Labute approximate surface area is 179 Å². The molecule has 0 saturated carbocycles. The summed E-state index contributed by atoms with van der Waals surface area (Å²) in [5.74, 6) is -1.60. The molecule has 2 aliphatic rings. The van der Waals surface area contributed by atoms with Gasteiger partial charge in [-0.15, -0.1) is 0 Å². The summed E-state index contributed by atoms with van der Waals surface area (Å²) in [6.07, 6.45) is 0.489. The van der Waals surface area contributed by atoms with Gasteiger partial charge in [0.25, 0.3) is 11.8 Å². The van der Waals surface area contributed by atoms with Crippen molar-refractivity contribution < 1.29 is 19.1 Å². The van der Waals surface area contributed by atoms with E-state index in [1.54, 1.807) is 32.0 Å². The number of nitrogens with zero attached hydrogens (tertiary/aromatic N) is 2. The number of halogens is 1. The van der Waals surface area contributed by atoms with Crippen molar-refractivity contribution in [1.82, 2.24) is 4.90 Å². The Morgan fingerprint density at radius 2 is 1.77 bits per heavy atom. The SMILES string of the molecule is CC(C)OC(=O)c1cccc(N2C(=O)C(Cl)=C(N3CCc4ccccc4C3)C2=O)c1. The molecule has 0 spiro atoms. The molecule has 0 radical (unpaired) electrons. The van der Waals surface area contributed by atoms with Crippen LogP contribution in [0, 0.1) is 0 Å². The Morgan fingerprint density at radius 3 is 2.50 bits per heavy atom. The van der Waals surface area contributed by atoms with Gasteiger partial charge in [0.15, 0.2) is 0 Å². The molecule has 6 nitrogen and oxygen atoms in total. The smallest absolute Gasteiger partial charge is 0.338 e. The number of hydrogen-bond acceptors (Lipinski definition) is 5. The zero-order valence-electron chi connectivity index (χ0n) is 16.7. The van der Waals surface area contributed by atoms with Gasteiger partial charge in [-0.25, -0.2) is 9.69 Å². The van der Waals surface area contributed by atoms with Crippen LogP contribution in [-0.4, -0.2) is 35.3 Å². The molecule has 0 aliphatic carbocycles. The van der Waals surface area contributed by atoms with Crippen molar-refractivity contribution in [2.24, 2.45) is 0 Å². The molecule has 0 unspecified atom stereocenters. The van der Waals surface area contributed by atoms with Gasteiger partial charge < -0.3 is 9.64 Å². The van der Waals surface area contributed by atoms with Gasteiger partial charge in [0.1, 0.15) is 10.7 Å². The molecule has 0 atom stereocenters. The second kappa shape index (κ2) is 7.95. The maximum atomic E-state index is 13.2. The summed E-state index contributed by atoms with van der Waals surface area (Å²) < 4.78 is 5.21. The quantitative estimate of drug-likeness (QED) is 0.553. The van der Waals surface area contributed by atoms with Crippen LogP contribution in [0.15, 0.2) is 59.3 Å². The number of esters is 1. The summed E-state index contributed by atoms with van der Waals surface area (Å²) in [7, 11) is 0. The topological polar surface area (TPSA) is 66.9 Å². The van der Waals surface area contributed by atoms with Crippen LogP contribution in [0.1, 0.15) is 35.3 Å². The summed E-state index contributed by atoms with van der Waals surface area (Å²) in [6, 6.07) is 14.3. The fraction of sp³-hybridized carbons (Fsp3) is 0.261. The van der Waals surface area contributed by atoms with Crippen LogP contribution in [-0.2, 0) is 27.3 Å². The summed E-state index contributed by atoms with van der Waals surface area (Å²) in [5.41, 5.74) is 3.09. The van der Waals surface area contributed by atoms with E-state index >= 15 is 0 Å². The van der Waals surface area contributed by atoms with Crippen molar-refractivity contribution in [3.05, 3.63) is 76.0 Å². The van der Waals surface area contributed by atoms with Crippen LogP contribution in [0.25, 0.3) is 0 Å². The van der Waals surface area contributed by atoms with Gasteiger partial charge in [-0.2, -0.15) is 0 Å². The minimum Gasteiger partial charge on any atom is -0.459 e. The van der Waals surface area contributed by atoms with Crippen molar-refractivity contribution in [3.8, 4) is 0 Å². The Bertz CT molecular complexity index is 1080. The molecule has 154 valence electrons. The predicted octanol–water partition coefficient (Wildman–Crippen LogP) is 3.63. The van der Waals surface area contributed by atoms with Crippen molar-refractivity contribution >= 4 is 35.1 Å². The minimum absolute atomic E-state index is 0.102. The lowest BCUT2D eigenvalue weighted by Gasteiger charge is -2.31. The van der Waals surface area contributed by atoms with E-state index in [1.165, 1.54) is 11.6 Å². The minimum atomic E-state index is -0.593. The average molecular weight is 425 g/mol. The second-order valence-electron chi connectivity index (χ2n) is 7.55. The van der Waals surface area contributed by atoms with E-state index in [4.69, 9.17) is 16.3 Å². The molecule has 2 heterocycles. The highest BCUT2D eigenvalue weighted by Gasteiger charge is 2.42. The van der Waals surface area contributed by atoms with E-state index in [2.05, 4.69) is 6.07 Å². The highest BCUT2D eigenvalue weighted by atomic mass is 35.5. The average Bonchev–Trinajstić information content (AvgIpc) is 2.95. The lowest BCUT2D eigenvalue weighted by atomic mass is 9.99. The van der Waals surface area contributed by atoms with Crippen LogP contribution < -0.4 is 4.90 Å². The summed E-state index contributed by atoms with van der Waals surface area (Å²) in [6.45, 7) is 4.61. The monoisotopic (exact) mass is 424 g/mol. The Balaban J connectivity index is 1.61. The van der Waals surface area contributed by atoms with E-state index in [9.17, 15) is 14.4 Å². The molecular formula is C23H21ClN2O4. The fourth-order valence-corrected chi connectivity index (χ4v) is 4.03. The molecule has 2 amide bonds. The molecule has 0 N–H and O–H groups in total. The van der Waals surface area contributed by atoms with Crippen LogP contribution in [0.4, 0.5) is 5.69 Å². The van der Waals surface area contributed by atoms with E-state index in [0.29, 0.717) is 13.1 Å². The Hall–Kier alpha value is -3.12. The normalized spacial score (nSPS) is 16.4. The van der Waals surface area contributed by atoms with E-state index in [1.807, 2.05) is 23.1 Å². The van der Waals surface area contributed by atoms with Gasteiger partial charge in [0, 0.05) is 13.1 Å². The molecule has 0 fully saturated rings. The van der Waals surface area contributed by atoms with Crippen LogP contribution in [0.5, 0.6) is 0 Å². The summed E-state index contributed by atoms with van der Waals surface area (Å²) in [5, 5.41) is -0.102. The number of amides is 2. The zero-order valence-corrected chi connectivity index (χ0v) is 17.5. The van der Waals surface area contributed by atoms with Gasteiger partial charge in [0.05, 0.1) is 17.4 Å². The van der Waals surface area contributed by atoms with E-state index in [0.717, 1.165) is 16.9 Å². The predicted molar refractivity (Wildman–Crippen MR) is 113 cm³/mol. The second-order valence-corrected chi connectivity index (χ2v) is 7.93. The highest BCUT2D eigenvalue weighted by molar-refractivity contribution is 6.52. The van der Waals surface area contributed by atoms with Crippen molar-refractivity contribution in [2.45, 2.75) is 32.9 Å². The Kier molecular flexibility index (Phi) is 5.35. The lowest BCUT2D eigenvalue weighted by Crippen LogP contribution is -2.37. The van der Waals surface area contributed by atoms with Crippen LogP contribution >= 0.6 is 11.6 Å². The third-order valence-electron chi connectivity index (χ3n) is 5.13. The molecule has 7 heteroatoms. The molecule has 2 aromatic carbocycles. The first-order chi connectivity index (χ1) is 14.4. The Morgan fingerprint density at radius 1 is 1.03 bits per heavy atom. The van der Waals surface area contributed by atoms with Gasteiger partial charge in [-0.1, -0.05) is 41.9 Å². The highest BCUT2D eigenvalue weighted by Crippen LogP contribution is 2.34. The molecule has 0 aromatic heterocycles. The molecule has 0 saturated heterocycles. The van der Waals surface area contributed by atoms with Crippen molar-refractivity contribution in [1.29, 1.82) is 0 Å². The maximum absolute atomic E-state index is 13.2. The molecular weight excluding hydrogens is 404 g/mol. The number of carbonyl (C=O) groups is 3. The van der Waals surface area contributed by atoms with Crippen LogP contribution in [0.3, 0.4) is 0 Å². The fourth-order valence-electron chi connectivity index (χ4n) is 3.74. The first kappa shape index (κ1) is 20.2. The third-order valence-corrected chi connectivity index (χ3v) is 5.47. The maximum Gasteiger partial charge on any atom is 0.338 e. The van der Waals surface area contributed by atoms with Crippen molar-refractivity contribution in [2.75, 3.05) is 11.4 Å². The number of fused-ring (bicyclic) bond motifs is 1. The number of benzene rings is 2. The third kappa shape index (κ3) is 3.59. The van der Waals surface area contributed by atoms with Gasteiger partial charge in [-0.3, -0.25) is 9.59 Å². The molecule has 4 rings (SSSR count). The first-order valence-electron chi connectivity index (χ1n) is 9.78. The number of carbonyl (C=O) groups excluding carboxylic acids is 3. The van der Waals surface area contributed by atoms with E-state index in [-0.39, 0.29) is 28.1 Å². The lowest BCUT2D eigenvalue weighted by molar-refractivity contribution is -0.121. The standard InChI is InChI=1S/C23H21ClN2O4/c1-14(2)30-23(29)16-8-5-9-18(12-16)26-21(27)19(24)20(22(26)28)25-11-10-15-6-3-4-7-17(15)13-25/h3-9,12,14H,10-11,13H2,1-2H3.